The molecule has 2 heterocycles. The number of hydrogen-bond acceptors (Lipinski definition) is 4. The molecule has 0 bridgehead atoms. The molecule has 2 aliphatic rings. The summed E-state index contributed by atoms with van der Waals surface area (Å²) in [7, 11) is 0. The van der Waals surface area contributed by atoms with Crippen LogP contribution in [0.3, 0.4) is 0 Å². The minimum absolute atomic E-state index is 0.162. The molecule has 0 aromatic heterocycles. The van der Waals surface area contributed by atoms with E-state index in [2.05, 4.69) is 16.9 Å². The van der Waals surface area contributed by atoms with Gasteiger partial charge < -0.3 is 9.64 Å². The Labute approximate surface area is 129 Å². The minimum atomic E-state index is -0.404. The van der Waals surface area contributed by atoms with Crippen molar-refractivity contribution in [2.45, 2.75) is 65.0 Å². The van der Waals surface area contributed by atoms with Crippen molar-refractivity contribution in [3.8, 4) is 0 Å². The lowest BCUT2D eigenvalue weighted by molar-refractivity contribution is -0.0588. The zero-order valence-electron chi connectivity index (χ0n) is 14.1. The van der Waals surface area contributed by atoms with E-state index in [1.54, 1.807) is 0 Å². The summed E-state index contributed by atoms with van der Waals surface area (Å²) in [4.78, 5) is 14.0. The number of carbonyl (C=O) groups excluding carboxylic acids is 1. The van der Waals surface area contributed by atoms with E-state index in [0.29, 0.717) is 6.04 Å². The van der Waals surface area contributed by atoms with Crippen molar-refractivity contribution in [2.75, 3.05) is 32.7 Å². The van der Waals surface area contributed by atoms with E-state index in [0.717, 1.165) is 32.5 Å². The average molecular weight is 297 g/mol. The fourth-order valence-electron chi connectivity index (χ4n) is 3.32. The molecule has 21 heavy (non-hydrogen) atoms. The largest absolute Gasteiger partial charge is 0.444 e. The monoisotopic (exact) mass is 297 g/mol. The highest BCUT2D eigenvalue weighted by Gasteiger charge is 2.31. The van der Waals surface area contributed by atoms with Crippen LogP contribution in [0.5, 0.6) is 0 Å². The number of carbonyl (C=O) groups is 1. The van der Waals surface area contributed by atoms with Crippen LogP contribution in [0, 0.1) is 0 Å². The van der Waals surface area contributed by atoms with Gasteiger partial charge in [0, 0.05) is 38.8 Å². The molecule has 1 amide bonds. The quantitative estimate of drug-likeness (QED) is 0.802. The van der Waals surface area contributed by atoms with Crippen LogP contribution in [0.2, 0.25) is 0 Å². The smallest absolute Gasteiger partial charge is 0.410 e. The van der Waals surface area contributed by atoms with Gasteiger partial charge in [-0.05, 0) is 46.5 Å². The van der Waals surface area contributed by atoms with Crippen LogP contribution in [0.1, 0.15) is 53.4 Å². The first kappa shape index (κ1) is 16.6. The van der Waals surface area contributed by atoms with Gasteiger partial charge in [0.25, 0.3) is 0 Å². The Bertz CT molecular complexity index is 340. The standard InChI is InChI=1S/C16H31N3O2/c1-5-19(18-10-6-7-11-18)14-8-12-17(13-9-14)15(20)21-16(2,3)4/h14H,5-13H2,1-4H3. The van der Waals surface area contributed by atoms with Crippen molar-refractivity contribution in [3.63, 3.8) is 0 Å². The Morgan fingerprint density at radius 3 is 2.19 bits per heavy atom. The van der Waals surface area contributed by atoms with E-state index in [9.17, 15) is 4.79 Å². The number of rotatable bonds is 3. The second-order valence-corrected chi connectivity index (χ2v) is 7.12. The highest BCUT2D eigenvalue weighted by Crippen LogP contribution is 2.22. The molecule has 5 heteroatoms. The zero-order chi connectivity index (χ0) is 15.5. The van der Waals surface area contributed by atoms with Gasteiger partial charge in [0.1, 0.15) is 5.60 Å². The molecule has 0 radical (unpaired) electrons. The molecule has 0 N–H and O–H groups in total. The number of ether oxygens (including phenoxy) is 1. The Kier molecular flexibility index (Phi) is 5.49. The molecular weight excluding hydrogens is 266 g/mol. The third-order valence-corrected chi connectivity index (χ3v) is 4.31. The molecule has 0 spiro atoms. The van der Waals surface area contributed by atoms with Crippen LogP contribution in [-0.4, -0.2) is 65.4 Å². The maximum absolute atomic E-state index is 12.1. The van der Waals surface area contributed by atoms with Crippen LogP contribution in [0.25, 0.3) is 0 Å². The molecule has 0 aliphatic carbocycles. The third-order valence-electron chi connectivity index (χ3n) is 4.31. The van der Waals surface area contributed by atoms with E-state index < -0.39 is 5.60 Å². The van der Waals surface area contributed by atoms with Crippen molar-refractivity contribution < 1.29 is 9.53 Å². The van der Waals surface area contributed by atoms with E-state index in [4.69, 9.17) is 4.74 Å². The zero-order valence-corrected chi connectivity index (χ0v) is 14.1. The number of likely N-dealkylation sites (tertiary alicyclic amines) is 1. The van der Waals surface area contributed by atoms with Gasteiger partial charge in [-0.1, -0.05) is 6.92 Å². The van der Waals surface area contributed by atoms with Crippen LogP contribution in [0.4, 0.5) is 4.79 Å². The van der Waals surface area contributed by atoms with Crippen molar-refractivity contribution in [2.24, 2.45) is 0 Å². The molecule has 122 valence electrons. The highest BCUT2D eigenvalue weighted by molar-refractivity contribution is 5.68. The SMILES string of the molecule is CCN(C1CCN(C(=O)OC(C)(C)C)CC1)N1CCCC1. The first-order valence-electron chi connectivity index (χ1n) is 8.40. The van der Waals surface area contributed by atoms with Crippen LogP contribution < -0.4 is 0 Å². The first-order valence-corrected chi connectivity index (χ1v) is 8.40. The fourth-order valence-corrected chi connectivity index (χ4v) is 3.32. The lowest BCUT2D eigenvalue weighted by Crippen LogP contribution is -2.53. The normalized spacial score (nSPS) is 22.0. The van der Waals surface area contributed by atoms with E-state index >= 15 is 0 Å². The van der Waals surface area contributed by atoms with Crippen LogP contribution in [0.15, 0.2) is 0 Å². The van der Waals surface area contributed by atoms with Crippen molar-refractivity contribution in [3.05, 3.63) is 0 Å². The van der Waals surface area contributed by atoms with Gasteiger partial charge in [-0.25, -0.2) is 14.8 Å². The number of hydrazine groups is 1. The number of piperidine rings is 1. The summed E-state index contributed by atoms with van der Waals surface area (Å²) in [6.45, 7) is 13.1. The Morgan fingerprint density at radius 1 is 1.14 bits per heavy atom. The maximum atomic E-state index is 12.1. The van der Waals surface area contributed by atoms with E-state index in [-0.39, 0.29) is 6.09 Å². The summed E-state index contributed by atoms with van der Waals surface area (Å²) >= 11 is 0. The Hall–Kier alpha value is -0.810. The van der Waals surface area contributed by atoms with Gasteiger partial charge in [0.2, 0.25) is 0 Å². The van der Waals surface area contributed by atoms with Gasteiger partial charge >= 0.3 is 6.09 Å². The lowest BCUT2D eigenvalue weighted by Gasteiger charge is -2.42. The second kappa shape index (κ2) is 6.97. The molecule has 0 saturated carbocycles. The maximum Gasteiger partial charge on any atom is 0.410 e. The summed E-state index contributed by atoms with van der Waals surface area (Å²) in [6, 6.07) is 0.576. The van der Waals surface area contributed by atoms with Crippen LogP contribution >= 0.6 is 0 Å². The summed E-state index contributed by atoms with van der Waals surface area (Å²) < 4.78 is 5.46. The summed E-state index contributed by atoms with van der Waals surface area (Å²) in [5, 5.41) is 5.03. The molecule has 0 atom stereocenters. The number of amides is 1. The molecule has 2 fully saturated rings. The molecule has 0 aromatic rings. The lowest BCUT2D eigenvalue weighted by atomic mass is 10.0. The molecule has 0 unspecified atom stereocenters. The van der Waals surface area contributed by atoms with Gasteiger partial charge in [-0.2, -0.15) is 0 Å². The predicted molar refractivity (Wildman–Crippen MR) is 84.0 cm³/mol. The molecule has 2 saturated heterocycles. The molecule has 0 aromatic carbocycles. The summed E-state index contributed by atoms with van der Waals surface area (Å²) in [6.07, 6.45) is 4.55. The Morgan fingerprint density at radius 2 is 1.71 bits per heavy atom. The predicted octanol–water partition coefficient (Wildman–Crippen LogP) is 2.72. The third kappa shape index (κ3) is 4.58. The van der Waals surface area contributed by atoms with E-state index in [1.165, 1.54) is 25.9 Å². The summed E-state index contributed by atoms with van der Waals surface area (Å²) in [5.74, 6) is 0. The topological polar surface area (TPSA) is 36.0 Å². The summed E-state index contributed by atoms with van der Waals surface area (Å²) in [5.41, 5.74) is -0.404. The Balaban J connectivity index is 1.83. The van der Waals surface area contributed by atoms with Gasteiger partial charge in [0.15, 0.2) is 0 Å². The van der Waals surface area contributed by atoms with Gasteiger partial charge in [-0.3, -0.25) is 0 Å². The first-order chi connectivity index (χ1) is 9.90. The number of hydrogen-bond donors (Lipinski definition) is 0. The minimum Gasteiger partial charge on any atom is -0.444 e. The van der Waals surface area contributed by atoms with E-state index in [1.807, 2.05) is 25.7 Å². The van der Waals surface area contributed by atoms with Gasteiger partial charge in [-0.15, -0.1) is 0 Å². The van der Waals surface area contributed by atoms with Crippen molar-refractivity contribution >= 4 is 6.09 Å². The van der Waals surface area contributed by atoms with Crippen molar-refractivity contribution in [1.29, 1.82) is 0 Å². The molecule has 2 aliphatic heterocycles. The molecule has 2 rings (SSSR count). The average Bonchev–Trinajstić information content (AvgIpc) is 2.92. The van der Waals surface area contributed by atoms with Crippen molar-refractivity contribution in [1.82, 2.24) is 14.9 Å². The molecule has 5 nitrogen and oxygen atoms in total. The van der Waals surface area contributed by atoms with Crippen LogP contribution in [-0.2, 0) is 4.74 Å². The number of nitrogens with zero attached hydrogens (tertiary/aromatic N) is 3. The highest BCUT2D eigenvalue weighted by atomic mass is 16.6. The fraction of sp³-hybridized carbons (Fsp3) is 0.938. The second-order valence-electron chi connectivity index (χ2n) is 7.12. The molecular formula is C16H31N3O2. The van der Waals surface area contributed by atoms with Gasteiger partial charge in [0.05, 0.1) is 0 Å².